The Hall–Kier alpha value is 0.550. The van der Waals surface area contributed by atoms with E-state index in [2.05, 4.69) is 0 Å². The van der Waals surface area contributed by atoms with E-state index in [-0.39, 0.29) is 5.88 Å². The molecule has 1 atom stereocenters. The van der Waals surface area contributed by atoms with Gasteiger partial charge >= 0.3 is 0 Å². The SMILES string of the molecule is CC(CCl)S(=O)(=O)N1CCCSCC1. The standard InChI is InChI=1S/C8H16ClNO2S2/c1-8(7-9)14(11,12)10-3-2-5-13-6-4-10/h8H,2-7H2,1H3. The first kappa shape index (κ1) is 12.6. The van der Waals surface area contributed by atoms with Crippen molar-refractivity contribution >= 4 is 33.4 Å². The Labute approximate surface area is 95.2 Å². The predicted octanol–water partition coefficient (Wildman–Crippen LogP) is 1.38. The summed E-state index contributed by atoms with van der Waals surface area (Å²) in [6.07, 6.45) is 0.943. The van der Waals surface area contributed by atoms with E-state index in [1.54, 1.807) is 11.2 Å². The number of sulfonamides is 1. The van der Waals surface area contributed by atoms with E-state index in [0.29, 0.717) is 13.1 Å². The Balaban J connectivity index is 2.69. The summed E-state index contributed by atoms with van der Waals surface area (Å²) in [4.78, 5) is 0. The molecule has 1 aliphatic heterocycles. The second-order valence-corrected chi connectivity index (χ2v) is 7.26. The summed E-state index contributed by atoms with van der Waals surface area (Å²) in [7, 11) is -3.15. The number of alkyl halides is 1. The van der Waals surface area contributed by atoms with Gasteiger partial charge < -0.3 is 0 Å². The molecule has 84 valence electrons. The van der Waals surface area contributed by atoms with E-state index < -0.39 is 15.3 Å². The highest BCUT2D eigenvalue weighted by Crippen LogP contribution is 2.16. The minimum Gasteiger partial charge on any atom is -0.212 e. The third kappa shape index (κ3) is 3.02. The zero-order chi connectivity index (χ0) is 10.6. The monoisotopic (exact) mass is 257 g/mol. The molecule has 6 heteroatoms. The maximum absolute atomic E-state index is 11.9. The largest absolute Gasteiger partial charge is 0.217 e. The Morgan fingerprint density at radius 1 is 1.43 bits per heavy atom. The van der Waals surface area contributed by atoms with Crippen LogP contribution in [0.1, 0.15) is 13.3 Å². The van der Waals surface area contributed by atoms with E-state index in [1.807, 2.05) is 11.8 Å². The zero-order valence-corrected chi connectivity index (χ0v) is 10.7. The molecule has 3 nitrogen and oxygen atoms in total. The Bertz CT molecular complexity index is 261. The summed E-state index contributed by atoms with van der Waals surface area (Å²) in [6.45, 7) is 2.95. The zero-order valence-electron chi connectivity index (χ0n) is 8.28. The second-order valence-electron chi connectivity index (χ2n) is 3.37. The lowest BCUT2D eigenvalue weighted by atomic mass is 10.5. The van der Waals surface area contributed by atoms with Crippen LogP contribution in [0.4, 0.5) is 0 Å². The van der Waals surface area contributed by atoms with Crippen LogP contribution in [-0.2, 0) is 10.0 Å². The first-order valence-corrected chi connectivity index (χ1v) is 7.91. The van der Waals surface area contributed by atoms with Crippen molar-refractivity contribution in [2.24, 2.45) is 0 Å². The third-order valence-electron chi connectivity index (χ3n) is 2.27. The number of rotatable bonds is 3. The fraction of sp³-hybridized carbons (Fsp3) is 1.00. The molecule has 1 fully saturated rings. The minimum absolute atomic E-state index is 0.173. The molecule has 0 aromatic heterocycles. The summed E-state index contributed by atoms with van der Waals surface area (Å²) in [6, 6.07) is 0. The van der Waals surface area contributed by atoms with Gasteiger partial charge in [-0.25, -0.2) is 12.7 Å². The van der Waals surface area contributed by atoms with Gasteiger partial charge in [0.15, 0.2) is 0 Å². The molecule has 1 aliphatic rings. The Morgan fingerprint density at radius 2 is 2.14 bits per heavy atom. The second kappa shape index (κ2) is 5.58. The normalized spacial score (nSPS) is 23.0. The molecule has 0 aromatic carbocycles. The average Bonchev–Trinajstić information content (AvgIpc) is 2.44. The molecule has 0 amide bonds. The summed E-state index contributed by atoms with van der Waals surface area (Å²) >= 11 is 7.40. The van der Waals surface area contributed by atoms with Gasteiger partial charge in [0.05, 0.1) is 5.25 Å². The van der Waals surface area contributed by atoms with Crippen molar-refractivity contribution in [1.29, 1.82) is 0 Å². The molecule has 0 spiro atoms. The van der Waals surface area contributed by atoms with Gasteiger partial charge in [-0.3, -0.25) is 0 Å². The van der Waals surface area contributed by atoms with Gasteiger partial charge in [-0.15, -0.1) is 11.6 Å². The van der Waals surface area contributed by atoms with Gasteiger partial charge in [0, 0.05) is 24.7 Å². The molecular formula is C8H16ClNO2S2. The van der Waals surface area contributed by atoms with Crippen LogP contribution in [0.2, 0.25) is 0 Å². The lowest BCUT2D eigenvalue weighted by molar-refractivity contribution is 0.429. The Kier molecular flexibility index (Phi) is 5.03. The lowest BCUT2D eigenvalue weighted by Gasteiger charge is -2.22. The van der Waals surface area contributed by atoms with E-state index >= 15 is 0 Å². The van der Waals surface area contributed by atoms with Crippen LogP contribution >= 0.6 is 23.4 Å². The quantitative estimate of drug-likeness (QED) is 0.717. The van der Waals surface area contributed by atoms with Gasteiger partial charge in [-0.05, 0) is 19.1 Å². The van der Waals surface area contributed by atoms with Crippen molar-refractivity contribution < 1.29 is 8.42 Å². The van der Waals surface area contributed by atoms with Crippen LogP contribution in [-0.4, -0.2) is 48.4 Å². The van der Waals surface area contributed by atoms with E-state index in [9.17, 15) is 8.42 Å². The number of halogens is 1. The van der Waals surface area contributed by atoms with Crippen molar-refractivity contribution in [1.82, 2.24) is 4.31 Å². The smallest absolute Gasteiger partial charge is 0.212 e. The number of thioether (sulfide) groups is 1. The van der Waals surface area contributed by atoms with Crippen molar-refractivity contribution in [2.75, 3.05) is 30.5 Å². The number of hydrogen-bond donors (Lipinski definition) is 0. The first-order chi connectivity index (χ1) is 6.59. The summed E-state index contributed by atoms with van der Waals surface area (Å²) in [5.41, 5.74) is 0. The average molecular weight is 258 g/mol. The Morgan fingerprint density at radius 3 is 2.79 bits per heavy atom. The van der Waals surface area contributed by atoms with Crippen molar-refractivity contribution in [3.05, 3.63) is 0 Å². The molecule has 1 heterocycles. The van der Waals surface area contributed by atoms with Gasteiger partial charge in [0.25, 0.3) is 0 Å². The first-order valence-electron chi connectivity index (χ1n) is 4.71. The van der Waals surface area contributed by atoms with E-state index in [1.165, 1.54) is 0 Å². The molecule has 0 radical (unpaired) electrons. The van der Waals surface area contributed by atoms with Gasteiger partial charge in [-0.2, -0.15) is 11.8 Å². The van der Waals surface area contributed by atoms with Gasteiger partial charge in [0.2, 0.25) is 10.0 Å². The molecule has 0 aromatic rings. The minimum atomic E-state index is -3.15. The molecule has 0 N–H and O–H groups in total. The summed E-state index contributed by atoms with van der Waals surface area (Å²) in [5, 5.41) is -0.465. The molecule has 0 aliphatic carbocycles. The van der Waals surface area contributed by atoms with Gasteiger partial charge in [0.1, 0.15) is 0 Å². The fourth-order valence-electron chi connectivity index (χ4n) is 1.31. The van der Waals surface area contributed by atoms with Crippen LogP contribution in [0.25, 0.3) is 0 Å². The fourth-order valence-corrected chi connectivity index (χ4v) is 4.19. The summed E-state index contributed by atoms with van der Waals surface area (Å²) in [5.74, 6) is 2.13. The molecule has 1 saturated heterocycles. The molecular weight excluding hydrogens is 242 g/mol. The number of hydrogen-bond acceptors (Lipinski definition) is 3. The van der Waals surface area contributed by atoms with Crippen LogP contribution in [0.5, 0.6) is 0 Å². The molecule has 0 saturated carbocycles. The maximum Gasteiger partial charge on any atom is 0.217 e. The topological polar surface area (TPSA) is 37.4 Å². The predicted molar refractivity (Wildman–Crippen MR) is 62.6 cm³/mol. The maximum atomic E-state index is 11.9. The molecule has 0 bridgehead atoms. The molecule has 1 unspecified atom stereocenters. The van der Waals surface area contributed by atoms with Crippen LogP contribution in [0, 0.1) is 0 Å². The van der Waals surface area contributed by atoms with Crippen molar-refractivity contribution in [3.8, 4) is 0 Å². The highest BCUT2D eigenvalue weighted by Gasteiger charge is 2.28. The highest BCUT2D eigenvalue weighted by atomic mass is 35.5. The van der Waals surface area contributed by atoms with E-state index in [0.717, 1.165) is 17.9 Å². The van der Waals surface area contributed by atoms with Crippen molar-refractivity contribution in [2.45, 2.75) is 18.6 Å². The van der Waals surface area contributed by atoms with Crippen molar-refractivity contribution in [3.63, 3.8) is 0 Å². The van der Waals surface area contributed by atoms with Crippen LogP contribution < -0.4 is 0 Å². The van der Waals surface area contributed by atoms with Crippen LogP contribution in [0.3, 0.4) is 0 Å². The van der Waals surface area contributed by atoms with Gasteiger partial charge in [-0.1, -0.05) is 0 Å². The summed E-state index contributed by atoms with van der Waals surface area (Å²) < 4.78 is 25.4. The molecule has 1 rings (SSSR count). The lowest BCUT2D eigenvalue weighted by Crippen LogP contribution is -2.39. The highest BCUT2D eigenvalue weighted by molar-refractivity contribution is 7.99. The third-order valence-corrected chi connectivity index (χ3v) is 6.23. The number of nitrogens with zero attached hydrogens (tertiary/aromatic N) is 1. The van der Waals surface area contributed by atoms with E-state index in [4.69, 9.17) is 11.6 Å². The van der Waals surface area contributed by atoms with Crippen LogP contribution in [0.15, 0.2) is 0 Å². The molecule has 14 heavy (non-hydrogen) atoms.